The summed E-state index contributed by atoms with van der Waals surface area (Å²) >= 11 is 0. The number of nitrogens with zero attached hydrogens (tertiary/aromatic N) is 2. The van der Waals surface area contributed by atoms with E-state index >= 15 is 0 Å². The highest BCUT2D eigenvalue weighted by Gasteiger charge is 2.46. The Morgan fingerprint density at radius 2 is 2.08 bits per heavy atom. The number of carbonyl (C=O) groups is 1. The summed E-state index contributed by atoms with van der Waals surface area (Å²) in [7, 11) is 0. The Morgan fingerprint density at radius 1 is 1.46 bits per heavy atom. The molecule has 1 aliphatic carbocycles. The highest BCUT2D eigenvalue weighted by molar-refractivity contribution is 6.00. The molecule has 0 aromatic heterocycles. The highest BCUT2D eigenvalue weighted by atomic mass is 16.2. The molecule has 0 unspecified atom stereocenters. The Kier molecular flexibility index (Phi) is 1.90. The van der Waals surface area contributed by atoms with Gasteiger partial charge in [0.1, 0.15) is 5.54 Å². The minimum absolute atomic E-state index is 0.222. The fraction of sp³-hybridized carbons (Fsp3) is 0.800. The zero-order valence-corrected chi connectivity index (χ0v) is 8.29. The third kappa shape index (κ3) is 1.18. The maximum Gasteiger partial charge on any atom is 0.255 e. The van der Waals surface area contributed by atoms with Gasteiger partial charge in [-0.3, -0.25) is 14.7 Å². The lowest BCUT2D eigenvalue weighted by atomic mass is 9.98. The van der Waals surface area contributed by atoms with E-state index < -0.39 is 0 Å². The summed E-state index contributed by atoms with van der Waals surface area (Å²) in [5.41, 5.74) is -0.343. The zero-order valence-electron chi connectivity index (χ0n) is 8.29. The molecule has 1 fully saturated rings. The molecule has 0 atom stereocenters. The number of aliphatic imine (C=N–C) groups is 1. The van der Waals surface area contributed by atoms with Crippen molar-refractivity contribution in [2.45, 2.75) is 51.1 Å². The largest absolute Gasteiger partial charge is 0.299 e. The van der Waals surface area contributed by atoms with Crippen molar-refractivity contribution in [3.05, 3.63) is 0 Å². The first kappa shape index (κ1) is 8.73. The molecular weight excluding hydrogens is 164 g/mol. The first-order valence-corrected chi connectivity index (χ1v) is 5.04. The molecule has 0 aromatic rings. The number of hydrogen-bond acceptors (Lipinski definition) is 2. The van der Waals surface area contributed by atoms with Gasteiger partial charge in [0.2, 0.25) is 0 Å². The van der Waals surface area contributed by atoms with Gasteiger partial charge < -0.3 is 0 Å². The van der Waals surface area contributed by atoms with Crippen molar-refractivity contribution in [3.8, 4) is 0 Å². The number of rotatable bonds is 1. The van der Waals surface area contributed by atoms with Crippen molar-refractivity contribution in [1.82, 2.24) is 4.90 Å². The molecule has 2 rings (SSSR count). The summed E-state index contributed by atoms with van der Waals surface area (Å²) < 4.78 is 0. The standard InChI is InChI=1S/C10H16N2O/c1-8(2)12-7-11-10(9(12)13)5-3-4-6-10/h7-8H,3-6H2,1-2H3. The SMILES string of the molecule is CC(C)N1C=NC2(CCCC2)C1=O. The molecule has 0 saturated heterocycles. The van der Waals surface area contributed by atoms with Crippen molar-refractivity contribution in [2.75, 3.05) is 0 Å². The van der Waals surface area contributed by atoms with E-state index in [9.17, 15) is 4.79 Å². The molecule has 0 N–H and O–H groups in total. The Morgan fingerprint density at radius 3 is 2.54 bits per heavy atom. The second-order valence-corrected chi connectivity index (χ2v) is 4.29. The second kappa shape index (κ2) is 2.82. The minimum atomic E-state index is -0.343. The van der Waals surface area contributed by atoms with Crippen molar-refractivity contribution in [3.63, 3.8) is 0 Å². The van der Waals surface area contributed by atoms with Crippen LogP contribution < -0.4 is 0 Å². The van der Waals surface area contributed by atoms with Crippen molar-refractivity contribution in [1.29, 1.82) is 0 Å². The molecule has 1 heterocycles. The molecule has 0 radical (unpaired) electrons. The fourth-order valence-electron chi connectivity index (χ4n) is 2.19. The fourth-order valence-corrected chi connectivity index (χ4v) is 2.19. The van der Waals surface area contributed by atoms with Crippen LogP contribution in [0.15, 0.2) is 4.99 Å². The Balaban J connectivity index is 2.20. The van der Waals surface area contributed by atoms with Gasteiger partial charge in [0.15, 0.2) is 0 Å². The van der Waals surface area contributed by atoms with E-state index in [1.54, 1.807) is 11.2 Å². The van der Waals surface area contributed by atoms with Crippen molar-refractivity contribution in [2.24, 2.45) is 4.99 Å². The molecule has 72 valence electrons. The number of amides is 1. The third-order valence-electron chi connectivity index (χ3n) is 3.05. The Bertz CT molecular complexity index is 252. The highest BCUT2D eigenvalue weighted by Crippen LogP contribution is 2.37. The topological polar surface area (TPSA) is 32.7 Å². The lowest BCUT2D eigenvalue weighted by Crippen LogP contribution is -2.42. The summed E-state index contributed by atoms with van der Waals surface area (Å²) in [5.74, 6) is 0.222. The van der Waals surface area contributed by atoms with Crippen LogP contribution in [-0.4, -0.2) is 28.7 Å². The van der Waals surface area contributed by atoms with Crippen LogP contribution in [0, 0.1) is 0 Å². The van der Waals surface area contributed by atoms with Crippen LogP contribution in [0.1, 0.15) is 39.5 Å². The average Bonchev–Trinajstić information content (AvgIpc) is 2.64. The van der Waals surface area contributed by atoms with Crippen LogP contribution in [0.2, 0.25) is 0 Å². The smallest absolute Gasteiger partial charge is 0.255 e. The van der Waals surface area contributed by atoms with E-state index in [0.29, 0.717) is 0 Å². The van der Waals surface area contributed by atoms with Crippen molar-refractivity contribution >= 4 is 12.2 Å². The molecule has 3 heteroatoms. The van der Waals surface area contributed by atoms with Gasteiger partial charge in [-0.15, -0.1) is 0 Å². The molecule has 0 bridgehead atoms. The van der Waals surface area contributed by atoms with Gasteiger partial charge in [0, 0.05) is 6.04 Å². The van der Waals surface area contributed by atoms with Gasteiger partial charge in [-0.2, -0.15) is 0 Å². The van der Waals surface area contributed by atoms with Gasteiger partial charge in [-0.25, -0.2) is 0 Å². The monoisotopic (exact) mass is 180 g/mol. The van der Waals surface area contributed by atoms with Crippen LogP contribution in [0.5, 0.6) is 0 Å². The van der Waals surface area contributed by atoms with Crippen LogP contribution in [-0.2, 0) is 4.79 Å². The Labute approximate surface area is 78.8 Å². The van der Waals surface area contributed by atoms with E-state index in [-0.39, 0.29) is 17.5 Å². The van der Waals surface area contributed by atoms with Crippen LogP contribution >= 0.6 is 0 Å². The van der Waals surface area contributed by atoms with E-state index in [1.807, 2.05) is 13.8 Å². The quantitative estimate of drug-likeness (QED) is 0.603. The van der Waals surface area contributed by atoms with Gasteiger partial charge in [0.25, 0.3) is 5.91 Å². The molecule has 1 saturated carbocycles. The summed E-state index contributed by atoms with van der Waals surface area (Å²) in [4.78, 5) is 18.1. The van der Waals surface area contributed by atoms with E-state index in [4.69, 9.17) is 0 Å². The normalized spacial score (nSPS) is 25.5. The first-order chi connectivity index (χ1) is 6.16. The first-order valence-electron chi connectivity index (χ1n) is 5.04. The molecule has 3 nitrogen and oxygen atoms in total. The molecule has 1 spiro atoms. The van der Waals surface area contributed by atoms with E-state index in [2.05, 4.69) is 4.99 Å². The molecular formula is C10H16N2O. The van der Waals surface area contributed by atoms with Gasteiger partial charge in [-0.05, 0) is 26.7 Å². The molecule has 1 amide bonds. The van der Waals surface area contributed by atoms with Crippen LogP contribution in [0.25, 0.3) is 0 Å². The summed E-state index contributed by atoms with van der Waals surface area (Å²) in [5, 5.41) is 0. The van der Waals surface area contributed by atoms with Gasteiger partial charge in [-0.1, -0.05) is 12.8 Å². The lowest BCUT2D eigenvalue weighted by molar-refractivity contribution is -0.131. The maximum absolute atomic E-state index is 12.0. The predicted molar refractivity (Wildman–Crippen MR) is 51.7 cm³/mol. The van der Waals surface area contributed by atoms with Crippen LogP contribution in [0.3, 0.4) is 0 Å². The van der Waals surface area contributed by atoms with Crippen molar-refractivity contribution < 1.29 is 4.79 Å². The lowest BCUT2D eigenvalue weighted by Gasteiger charge is -2.23. The summed E-state index contributed by atoms with van der Waals surface area (Å²) in [6.07, 6.45) is 5.93. The molecule has 13 heavy (non-hydrogen) atoms. The predicted octanol–water partition coefficient (Wildman–Crippen LogP) is 1.58. The number of carbonyl (C=O) groups excluding carboxylic acids is 1. The van der Waals surface area contributed by atoms with Gasteiger partial charge in [0.05, 0.1) is 6.34 Å². The maximum atomic E-state index is 12.0. The number of hydrogen-bond donors (Lipinski definition) is 0. The summed E-state index contributed by atoms with van der Waals surface area (Å²) in [6.45, 7) is 4.05. The van der Waals surface area contributed by atoms with E-state index in [1.165, 1.54) is 0 Å². The summed E-state index contributed by atoms with van der Waals surface area (Å²) in [6, 6.07) is 0.247. The second-order valence-electron chi connectivity index (χ2n) is 4.29. The Hall–Kier alpha value is -0.860. The zero-order chi connectivity index (χ0) is 9.47. The average molecular weight is 180 g/mol. The van der Waals surface area contributed by atoms with Gasteiger partial charge >= 0.3 is 0 Å². The van der Waals surface area contributed by atoms with E-state index in [0.717, 1.165) is 25.7 Å². The molecule has 1 aliphatic heterocycles. The van der Waals surface area contributed by atoms with Crippen LogP contribution in [0.4, 0.5) is 0 Å². The molecule has 2 aliphatic rings. The minimum Gasteiger partial charge on any atom is -0.299 e. The third-order valence-corrected chi connectivity index (χ3v) is 3.05. The molecule has 0 aromatic carbocycles.